The summed E-state index contributed by atoms with van der Waals surface area (Å²) in [6.07, 6.45) is 5.39. The zero-order chi connectivity index (χ0) is 22.6. The van der Waals surface area contributed by atoms with E-state index in [0.29, 0.717) is 17.6 Å². The summed E-state index contributed by atoms with van der Waals surface area (Å²) in [7, 11) is 0. The lowest BCUT2D eigenvalue weighted by atomic mass is 9.94. The number of hydrogen-bond acceptors (Lipinski definition) is 6. The number of nitrogen functional groups attached to an aromatic ring is 1. The molecule has 2 aromatic heterocycles. The molecule has 0 aliphatic carbocycles. The molecule has 0 bridgehead atoms. The zero-order valence-corrected chi connectivity index (χ0v) is 18.9. The van der Waals surface area contributed by atoms with Crippen LogP contribution in [0, 0.1) is 5.92 Å². The standard InChI is InChI=1S/C26H31N5O2/c27-24-17-19(7-12-28-24)18-30-13-8-21(9-14-30)26(32)31-15-10-22(11-16-31)33-25-6-5-20-3-1-2-4-23(20)29-25/h1-7,12,17,21-22H,8-11,13-16,18H2,(H2,27,28). The second-order valence-corrected chi connectivity index (χ2v) is 9.12. The largest absolute Gasteiger partial charge is 0.474 e. The maximum absolute atomic E-state index is 13.1. The summed E-state index contributed by atoms with van der Waals surface area (Å²) in [5.41, 5.74) is 7.91. The van der Waals surface area contributed by atoms with Crippen molar-refractivity contribution in [1.82, 2.24) is 19.8 Å². The van der Waals surface area contributed by atoms with Gasteiger partial charge in [0.25, 0.3) is 0 Å². The van der Waals surface area contributed by atoms with Gasteiger partial charge in [0, 0.05) is 56.0 Å². The quantitative estimate of drug-likeness (QED) is 0.647. The Bertz CT molecular complexity index is 1100. The molecule has 2 fully saturated rings. The highest BCUT2D eigenvalue weighted by atomic mass is 16.5. The van der Waals surface area contributed by atoms with Crippen LogP contribution in [0.3, 0.4) is 0 Å². The van der Waals surface area contributed by atoms with Gasteiger partial charge in [0.15, 0.2) is 0 Å². The van der Waals surface area contributed by atoms with Gasteiger partial charge in [-0.15, -0.1) is 0 Å². The van der Waals surface area contributed by atoms with Gasteiger partial charge in [-0.3, -0.25) is 9.69 Å². The molecule has 2 aliphatic rings. The minimum absolute atomic E-state index is 0.109. The van der Waals surface area contributed by atoms with Gasteiger partial charge in [0.2, 0.25) is 11.8 Å². The molecule has 0 unspecified atom stereocenters. The van der Waals surface area contributed by atoms with Gasteiger partial charge in [-0.25, -0.2) is 9.97 Å². The van der Waals surface area contributed by atoms with Crippen LogP contribution in [0.15, 0.2) is 54.7 Å². The molecule has 0 atom stereocenters. The normalized spacial score (nSPS) is 18.5. The van der Waals surface area contributed by atoms with E-state index in [1.54, 1.807) is 6.20 Å². The predicted octanol–water partition coefficient (Wildman–Crippen LogP) is 3.49. The smallest absolute Gasteiger partial charge is 0.225 e. The van der Waals surface area contributed by atoms with Crippen LogP contribution in [0.4, 0.5) is 5.82 Å². The van der Waals surface area contributed by atoms with Gasteiger partial charge in [0.05, 0.1) is 5.52 Å². The van der Waals surface area contributed by atoms with Crippen molar-refractivity contribution >= 4 is 22.6 Å². The van der Waals surface area contributed by atoms with E-state index in [-0.39, 0.29) is 12.0 Å². The summed E-state index contributed by atoms with van der Waals surface area (Å²) in [6.45, 7) is 4.25. The molecule has 1 aromatic carbocycles. The lowest BCUT2D eigenvalue weighted by Gasteiger charge is -2.37. The number of piperidine rings is 2. The Labute approximate surface area is 194 Å². The summed E-state index contributed by atoms with van der Waals surface area (Å²) in [5.74, 6) is 1.66. The van der Waals surface area contributed by atoms with Gasteiger partial charge in [0.1, 0.15) is 11.9 Å². The Hall–Kier alpha value is -3.19. The first kappa shape index (κ1) is 21.6. The third kappa shape index (κ3) is 5.25. The third-order valence-corrected chi connectivity index (χ3v) is 6.80. The van der Waals surface area contributed by atoms with Crippen molar-refractivity contribution in [2.45, 2.75) is 38.3 Å². The van der Waals surface area contributed by atoms with Crippen molar-refractivity contribution in [2.24, 2.45) is 5.92 Å². The number of amides is 1. The second kappa shape index (κ2) is 9.75. The molecule has 2 N–H and O–H groups in total. The molecule has 7 heteroatoms. The Kier molecular flexibility index (Phi) is 6.39. The second-order valence-electron chi connectivity index (χ2n) is 9.12. The van der Waals surface area contributed by atoms with E-state index in [9.17, 15) is 4.79 Å². The number of para-hydroxylation sites is 1. The number of benzene rings is 1. The van der Waals surface area contributed by atoms with Crippen LogP contribution in [0.1, 0.15) is 31.2 Å². The van der Waals surface area contributed by atoms with E-state index >= 15 is 0 Å². The van der Waals surface area contributed by atoms with E-state index in [1.165, 1.54) is 5.56 Å². The van der Waals surface area contributed by atoms with Gasteiger partial charge >= 0.3 is 0 Å². The molecule has 2 saturated heterocycles. The minimum atomic E-state index is 0.109. The highest BCUT2D eigenvalue weighted by Gasteiger charge is 2.31. The third-order valence-electron chi connectivity index (χ3n) is 6.80. The van der Waals surface area contributed by atoms with Crippen LogP contribution in [0.2, 0.25) is 0 Å². The number of anilines is 1. The van der Waals surface area contributed by atoms with Crippen molar-refractivity contribution in [1.29, 1.82) is 0 Å². The molecule has 7 nitrogen and oxygen atoms in total. The number of fused-ring (bicyclic) bond motifs is 1. The summed E-state index contributed by atoms with van der Waals surface area (Å²) in [4.78, 5) is 26.2. The minimum Gasteiger partial charge on any atom is -0.474 e. The molecule has 2 aliphatic heterocycles. The first-order chi connectivity index (χ1) is 16.1. The Morgan fingerprint density at radius 2 is 1.79 bits per heavy atom. The number of ether oxygens (including phenoxy) is 1. The van der Waals surface area contributed by atoms with Gasteiger partial charge < -0.3 is 15.4 Å². The fourth-order valence-corrected chi connectivity index (χ4v) is 4.92. The lowest BCUT2D eigenvalue weighted by Crippen LogP contribution is -2.47. The maximum Gasteiger partial charge on any atom is 0.225 e. The summed E-state index contributed by atoms with van der Waals surface area (Å²) < 4.78 is 6.15. The van der Waals surface area contributed by atoms with Crippen LogP contribution >= 0.6 is 0 Å². The number of likely N-dealkylation sites (tertiary alicyclic amines) is 2. The first-order valence-corrected chi connectivity index (χ1v) is 11.9. The Morgan fingerprint density at radius 3 is 2.58 bits per heavy atom. The topological polar surface area (TPSA) is 84.6 Å². The number of nitrogens with zero attached hydrogens (tertiary/aromatic N) is 4. The zero-order valence-electron chi connectivity index (χ0n) is 18.9. The fourth-order valence-electron chi connectivity index (χ4n) is 4.92. The summed E-state index contributed by atoms with van der Waals surface area (Å²) >= 11 is 0. The predicted molar refractivity (Wildman–Crippen MR) is 129 cm³/mol. The van der Waals surface area contributed by atoms with Crippen LogP contribution in [0.25, 0.3) is 10.9 Å². The number of carbonyl (C=O) groups is 1. The molecule has 0 radical (unpaired) electrons. The molecule has 3 aromatic rings. The number of carbonyl (C=O) groups excluding carboxylic acids is 1. The molecule has 0 saturated carbocycles. The highest BCUT2D eigenvalue weighted by Crippen LogP contribution is 2.25. The number of aromatic nitrogens is 2. The van der Waals surface area contributed by atoms with Gasteiger partial charge in [-0.2, -0.15) is 0 Å². The van der Waals surface area contributed by atoms with Crippen molar-refractivity contribution in [3.8, 4) is 5.88 Å². The van der Waals surface area contributed by atoms with E-state index < -0.39 is 0 Å². The van der Waals surface area contributed by atoms with Gasteiger partial charge in [-0.05, 0) is 55.8 Å². The number of rotatable bonds is 5. The lowest BCUT2D eigenvalue weighted by molar-refractivity contribution is -0.139. The van der Waals surface area contributed by atoms with Gasteiger partial charge in [-0.1, -0.05) is 18.2 Å². The van der Waals surface area contributed by atoms with Crippen LogP contribution in [-0.2, 0) is 11.3 Å². The molecular formula is C26H31N5O2. The summed E-state index contributed by atoms with van der Waals surface area (Å²) in [6, 6.07) is 16.0. The molecule has 172 valence electrons. The van der Waals surface area contributed by atoms with Crippen molar-refractivity contribution in [3.05, 3.63) is 60.3 Å². The monoisotopic (exact) mass is 445 g/mol. The Balaban J connectivity index is 1.08. The van der Waals surface area contributed by atoms with Crippen molar-refractivity contribution < 1.29 is 9.53 Å². The van der Waals surface area contributed by atoms with Crippen LogP contribution < -0.4 is 10.5 Å². The van der Waals surface area contributed by atoms with Crippen molar-refractivity contribution in [2.75, 3.05) is 31.9 Å². The molecule has 5 rings (SSSR count). The fraction of sp³-hybridized carbons (Fsp3) is 0.423. The first-order valence-electron chi connectivity index (χ1n) is 11.9. The molecule has 1 amide bonds. The van der Waals surface area contributed by atoms with E-state index in [1.807, 2.05) is 47.4 Å². The van der Waals surface area contributed by atoms with E-state index in [4.69, 9.17) is 10.5 Å². The number of nitrogens with two attached hydrogens (primary N) is 1. The molecule has 0 spiro atoms. The molecule has 4 heterocycles. The molecular weight excluding hydrogens is 414 g/mol. The van der Waals surface area contributed by atoms with E-state index in [2.05, 4.69) is 20.9 Å². The van der Waals surface area contributed by atoms with E-state index in [0.717, 1.165) is 69.3 Å². The van der Waals surface area contributed by atoms with Crippen molar-refractivity contribution in [3.63, 3.8) is 0 Å². The SMILES string of the molecule is Nc1cc(CN2CCC(C(=O)N3CCC(Oc4ccc5ccccc5n4)CC3)CC2)ccn1. The molecule has 33 heavy (non-hydrogen) atoms. The van der Waals surface area contributed by atoms with Crippen LogP contribution in [0.5, 0.6) is 5.88 Å². The van der Waals surface area contributed by atoms with Crippen LogP contribution in [-0.4, -0.2) is 58.0 Å². The number of pyridine rings is 2. The number of hydrogen-bond donors (Lipinski definition) is 1. The average Bonchev–Trinajstić information content (AvgIpc) is 2.85. The summed E-state index contributed by atoms with van der Waals surface area (Å²) in [5, 5.41) is 1.11. The Morgan fingerprint density at radius 1 is 1.00 bits per heavy atom. The maximum atomic E-state index is 13.1. The average molecular weight is 446 g/mol. The highest BCUT2D eigenvalue weighted by molar-refractivity contribution is 5.79.